The smallest absolute Gasteiger partial charge is 0.293 e. The average molecular weight is 309 g/mol. The van der Waals surface area contributed by atoms with Gasteiger partial charge >= 0.3 is 0 Å². The predicted molar refractivity (Wildman–Crippen MR) is 79.3 cm³/mol. The Hall–Kier alpha value is -3.42. The highest BCUT2D eigenvalue weighted by molar-refractivity contribution is 5.94. The molecule has 0 radical (unpaired) electrons. The van der Waals surface area contributed by atoms with Gasteiger partial charge in [0.25, 0.3) is 11.8 Å². The minimum atomic E-state index is -0.342. The van der Waals surface area contributed by atoms with Crippen LogP contribution in [0.25, 0.3) is 22.7 Å². The topological polar surface area (TPSA) is 110 Å². The fourth-order valence-electron chi connectivity index (χ4n) is 2.13. The van der Waals surface area contributed by atoms with Gasteiger partial charge in [0.2, 0.25) is 0 Å². The third kappa shape index (κ3) is 2.57. The second-order valence-electron chi connectivity index (χ2n) is 4.78. The third-order valence-electron chi connectivity index (χ3n) is 3.21. The van der Waals surface area contributed by atoms with Gasteiger partial charge in [0, 0.05) is 0 Å². The highest BCUT2D eigenvalue weighted by Crippen LogP contribution is 2.17. The summed E-state index contributed by atoms with van der Waals surface area (Å²) in [6.07, 6.45) is 1.52. The lowest BCUT2D eigenvalue weighted by Crippen LogP contribution is -2.24. The van der Waals surface area contributed by atoms with E-state index >= 15 is 0 Å². The van der Waals surface area contributed by atoms with Gasteiger partial charge < -0.3 is 19.2 Å². The Morgan fingerprint density at radius 3 is 2.91 bits per heavy atom. The first-order chi connectivity index (χ1) is 11.3. The molecule has 4 rings (SSSR count). The number of hydrogen-bond donors (Lipinski definition) is 2. The van der Waals surface area contributed by atoms with Crippen LogP contribution in [0.4, 0.5) is 0 Å². The maximum absolute atomic E-state index is 12.1. The summed E-state index contributed by atoms with van der Waals surface area (Å²) >= 11 is 0. The lowest BCUT2D eigenvalue weighted by atomic mass is 10.3. The first-order valence-electron chi connectivity index (χ1n) is 6.89. The number of fused-ring (bicyclic) bond motifs is 1. The predicted octanol–water partition coefficient (Wildman–Crippen LogP) is 2.14. The molecule has 0 saturated heterocycles. The molecule has 1 amide bonds. The van der Waals surface area contributed by atoms with Gasteiger partial charge in [-0.2, -0.15) is 4.98 Å². The van der Waals surface area contributed by atoms with E-state index in [0.717, 1.165) is 11.0 Å². The second kappa shape index (κ2) is 5.41. The fraction of sp³-hybridized carbons (Fsp3) is 0.0667. The van der Waals surface area contributed by atoms with Crippen molar-refractivity contribution < 1.29 is 13.7 Å². The minimum absolute atomic E-state index is 0.125. The van der Waals surface area contributed by atoms with Crippen LogP contribution in [-0.4, -0.2) is 26.0 Å². The lowest BCUT2D eigenvalue weighted by Gasteiger charge is -1.97. The molecule has 0 fully saturated rings. The zero-order valence-electron chi connectivity index (χ0n) is 11.8. The number of rotatable bonds is 4. The van der Waals surface area contributed by atoms with Gasteiger partial charge in [-0.15, -0.1) is 0 Å². The molecule has 23 heavy (non-hydrogen) atoms. The average Bonchev–Trinajstić information content (AvgIpc) is 3.31. The first kappa shape index (κ1) is 13.3. The minimum Gasteiger partial charge on any atom is -0.459 e. The Balaban J connectivity index is 1.45. The second-order valence-corrected chi connectivity index (χ2v) is 4.78. The van der Waals surface area contributed by atoms with Crippen molar-refractivity contribution in [3.63, 3.8) is 0 Å². The molecule has 0 aliphatic rings. The Morgan fingerprint density at radius 2 is 2.09 bits per heavy atom. The van der Waals surface area contributed by atoms with Crippen LogP contribution in [0.15, 0.2) is 51.6 Å². The van der Waals surface area contributed by atoms with Crippen LogP contribution in [0.1, 0.15) is 16.4 Å². The molecule has 0 spiro atoms. The fourth-order valence-corrected chi connectivity index (χ4v) is 2.13. The molecule has 2 N–H and O–H groups in total. The summed E-state index contributed by atoms with van der Waals surface area (Å²) < 4.78 is 10.2. The molecule has 1 aromatic carbocycles. The number of H-pyrrole nitrogens is 1. The van der Waals surface area contributed by atoms with Crippen LogP contribution >= 0.6 is 0 Å². The third-order valence-corrected chi connectivity index (χ3v) is 3.21. The number of imidazole rings is 1. The van der Waals surface area contributed by atoms with Crippen molar-refractivity contribution in [3.05, 3.63) is 54.3 Å². The maximum atomic E-state index is 12.1. The van der Waals surface area contributed by atoms with E-state index in [4.69, 9.17) is 8.94 Å². The number of aromatic amines is 1. The normalized spacial score (nSPS) is 11.0. The van der Waals surface area contributed by atoms with Crippen LogP contribution < -0.4 is 5.32 Å². The van der Waals surface area contributed by atoms with Crippen LogP contribution in [0, 0.1) is 0 Å². The summed E-state index contributed by atoms with van der Waals surface area (Å²) in [4.78, 5) is 23.4. The summed E-state index contributed by atoms with van der Waals surface area (Å²) in [7, 11) is 0. The Morgan fingerprint density at radius 1 is 1.17 bits per heavy atom. The molecule has 8 heteroatoms. The number of amides is 1. The summed E-state index contributed by atoms with van der Waals surface area (Å²) in [5, 5.41) is 6.48. The number of furan rings is 1. The standard InChI is InChI=1S/C15H11N5O3/c21-14(13-17-9-4-1-2-5-10(9)18-13)16-8-12-19-15(23-20-12)11-6-3-7-22-11/h1-7H,8H2,(H,16,21)(H,17,18). The first-order valence-corrected chi connectivity index (χ1v) is 6.89. The molecule has 0 unspecified atom stereocenters. The van der Waals surface area contributed by atoms with Gasteiger partial charge in [0.1, 0.15) is 0 Å². The Bertz CT molecular complexity index is 921. The molecule has 0 bridgehead atoms. The maximum Gasteiger partial charge on any atom is 0.293 e. The van der Waals surface area contributed by atoms with Crippen LogP contribution in [0.5, 0.6) is 0 Å². The number of benzene rings is 1. The van der Waals surface area contributed by atoms with Gasteiger partial charge in [-0.1, -0.05) is 17.3 Å². The van der Waals surface area contributed by atoms with E-state index in [0.29, 0.717) is 11.6 Å². The van der Waals surface area contributed by atoms with Crippen molar-refractivity contribution in [2.45, 2.75) is 6.54 Å². The summed E-state index contributed by atoms with van der Waals surface area (Å²) in [6, 6.07) is 10.9. The van der Waals surface area contributed by atoms with Crippen LogP contribution in [0.3, 0.4) is 0 Å². The molecule has 3 heterocycles. The van der Waals surface area contributed by atoms with Crippen molar-refractivity contribution in [2.75, 3.05) is 0 Å². The van der Waals surface area contributed by atoms with E-state index in [-0.39, 0.29) is 24.2 Å². The Labute approximate surface area is 129 Å². The zero-order chi connectivity index (χ0) is 15.6. The molecule has 0 aliphatic heterocycles. The molecular formula is C15H11N5O3. The number of nitrogens with one attached hydrogen (secondary N) is 2. The van der Waals surface area contributed by atoms with Gasteiger partial charge in [-0.25, -0.2) is 4.98 Å². The molecular weight excluding hydrogens is 298 g/mol. The molecule has 0 saturated carbocycles. The monoisotopic (exact) mass is 309 g/mol. The van der Waals surface area contributed by atoms with Crippen molar-refractivity contribution in [3.8, 4) is 11.7 Å². The largest absolute Gasteiger partial charge is 0.459 e. The molecule has 0 aliphatic carbocycles. The number of hydrogen-bond acceptors (Lipinski definition) is 6. The van der Waals surface area contributed by atoms with Gasteiger partial charge in [0.05, 0.1) is 23.8 Å². The lowest BCUT2D eigenvalue weighted by molar-refractivity contribution is 0.0940. The van der Waals surface area contributed by atoms with E-state index in [1.165, 1.54) is 6.26 Å². The number of nitrogens with zero attached hydrogens (tertiary/aromatic N) is 3. The number of para-hydroxylation sites is 2. The van der Waals surface area contributed by atoms with E-state index in [2.05, 4.69) is 25.4 Å². The Kier molecular flexibility index (Phi) is 3.12. The number of carbonyl (C=O) groups is 1. The quantitative estimate of drug-likeness (QED) is 0.597. The zero-order valence-corrected chi connectivity index (χ0v) is 11.8. The van der Waals surface area contributed by atoms with E-state index in [1.54, 1.807) is 12.1 Å². The van der Waals surface area contributed by atoms with Gasteiger partial charge in [-0.3, -0.25) is 4.79 Å². The van der Waals surface area contributed by atoms with E-state index in [9.17, 15) is 4.79 Å². The van der Waals surface area contributed by atoms with Crippen LogP contribution in [0.2, 0.25) is 0 Å². The molecule has 4 aromatic rings. The van der Waals surface area contributed by atoms with Crippen molar-refractivity contribution in [2.24, 2.45) is 0 Å². The molecule has 8 nitrogen and oxygen atoms in total. The summed E-state index contributed by atoms with van der Waals surface area (Å²) in [5.74, 6) is 0.989. The summed E-state index contributed by atoms with van der Waals surface area (Å²) in [5.41, 5.74) is 1.54. The number of aromatic nitrogens is 4. The highest BCUT2D eigenvalue weighted by atomic mass is 16.5. The molecule has 0 atom stereocenters. The van der Waals surface area contributed by atoms with Crippen molar-refractivity contribution in [1.29, 1.82) is 0 Å². The molecule has 3 aromatic heterocycles. The van der Waals surface area contributed by atoms with Crippen LogP contribution in [-0.2, 0) is 6.54 Å². The van der Waals surface area contributed by atoms with Gasteiger partial charge in [0.15, 0.2) is 17.4 Å². The van der Waals surface area contributed by atoms with Gasteiger partial charge in [-0.05, 0) is 24.3 Å². The van der Waals surface area contributed by atoms with E-state index in [1.807, 2.05) is 24.3 Å². The number of carbonyl (C=O) groups excluding carboxylic acids is 1. The van der Waals surface area contributed by atoms with E-state index < -0.39 is 0 Å². The van der Waals surface area contributed by atoms with Crippen molar-refractivity contribution in [1.82, 2.24) is 25.4 Å². The SMILES string of the molecule is O=C(NCc1noc(-c2ccco2)n1)c1nc2ccccc2[nH]1. The van der Waals surface area contributed by atoms with Crippen molar-refractivity contribution >= 4 is 16.9 Å². The molecule has 114 valence electrons. The highest BCUT2D eigenvalue weighted by Gasteiger charge is 2.14. The summed E-state index contributed by atoms with van der Waals surface area (Å²) in [6.45, 7) is 0.125.